The zero-order valence-corrected chi connectivity index (χ0v) is 9.39. The van der Waals surface area contributed by atoms with E-state index < -0.39 is 11.9 Å². The minimum atomic E-state index is -0.900. The van der Waals surface area contributed by atoms with Crippen LogP contribution in [-0.2, 0) is 0 Å². The van der Waals surface area contributed by atoms with Gasteiger partial charge in [0.2, 0.25) is 0 Å². The number of halogens is 1. The predicted molar refractivity (Wildman–Crippen MR) is 60.3 cm³/mol. The largest absolute Gasteiger partial charge is 0.487 e. The molecule has 0 aliphatic carbocycles. The molecule has 1 N–H and O–H groups in total. The maximum absolute atomic E-state index is 13.2. The number of para-hydroxylation sites is 1. The third kappa shape index (κ3) is 2.85. The maximum atomic E-state index is 13.2. The number of aliphatic hydroxyl groups excluding tert-OH is 1. The van der Waals surface area contributed by atoms with Crippen LogP contribution in [0.5, 0.6) is 5.75 Å². The molecular formula is C13H13FO3. The first-order valence-corrected chi connectivity index (χ1v) is 5.28. The molecule has 0 amide bonds. The topological polar surface area (TPSA) is 42.6 Å². The fourth-order valence-corrected chi connectivity index (χ4v) is 1.45. The molecule has 1 atom stereocenters. The smallest absolute Gasteiger partial charge is 0.165 e. The first kappa shape index (κ1) is 11.7. The molecule has 2 rings (SSSR count). The fourth-order valence-electron chi connectivity index (χ4n) is 1.45. The quantitative estimate of drug-likeness (QED) is 0.887. The van der Waals surface area contributed by atoms with E-state index in [9.17, 15) is 9.50 Å². The van der Waals surface area contributed by atoms with Crippen molar-refractivity contribution < 1.29 is 18.7 Å². The molecule has 1 unspecified atom stereocenters. The summed E-state index contributed by atoms with van der Waals surface area (Å²) < 4.78 is 23.6. The molecule has 0 saturated heterocycles. The van der Waals surface area contributed by atoms with Gasteiger partial charge < -0.3 is 14.3 Å². The normalized spacial score (nSPS) is 12.4. The number of aliphatic hydroxyl groups is 1. The number of rotatable bonds is 4. The first-order chi connectivity index (χ1) is 8.16. The Morgan fingerprint density at radius 2 is 2.06 bits per heavy atom. The molecule has 2 aromatic rings. The van der Waals surface area contributed by atoms with Gasteiger partial charge in [-0.2, -0.15) is 0 Å². The van der Waals surface area contributed by atoms with Crippen molar-refractivity contribution in [1.29, 1.82) is 0 Å². The Kier molecular flexibility index (Phi) is 3.44. The molecule has 0 bridgehead atoms. The van der Waals surface area contributed by atoms with E-state index in [4.69, 9.17) is 9.15 Å². The van der Waals surface area contributed by atoms with Crippen LogP contribution in [0.3, 0.4) is 0 Å². The summed E-state index contributed by atoms with van der Waals surface area (Å²) in [6, 6.07) is 9.48. The van der Waals surface area contributed by atoms with Crippen LogP contribution in [0.25, 0.3) is 0 Å². The summed E-state index contributed by atoms with van der Waals surface area (Å²) in [6.45, 7) is 1.74. The van der Waals surface area contributed by atoms with Crippen molar-refractivity contribution in [3.63, 3.8) is 0 Å². The molecule has 1 aromatic carbocycles. The summed E-state index contributed by atoms with van der Waals surface area (Å²) in [5.74, 6) is 0.800. The van der Waals surface area contributed by atoms with Crippen molar-refractivity contribution in [3.05, 3.63) is 53.7 Å². The van der Waals surface area contributed by atoms with Crippen LogP contribution in [0.15, 0.2) is 40.8 Å². The van der Waals surface area contributed by atoms with Gasteiger partial charge in [-0.3, -0.25) is 0 Å². The highest BCUT2D eigenvalue weighted by molar-refractivity contribution is 5.23. The molecule has 0 aliphatic rings. The summed E-state index contributed by atoms with van der Waals surface area (Å²) in [5.41, 5.74) is 0. The zero-order chi connectivity index (χ0) is 12.3. The van der Waals surface area contributed by atoms with E-state index in [0.717, 1.165) is 0 Å². The molecule has 3 nitrogen and oxygen atoms in total. The Bertz CT molecular complexity index is 493. The van der Waals surface area contributed by atoms with Crippen molar-refractivity contribution in [2.75, 3.05) is 6.61 Å². The highest BCUT2D eigenvalue weighted by atomic mass is 19.1. The molecule has 0 saturated carbocycles. The van der Waals surface area contributed by atoms with Crippen LogP contribution in [0.1, 0.15) is 17.6 Å². The summed E-state index contributed by atoms with van der Waals surface area (Å²) in [6.07, 6.45) is -0.900. The average Bonchev–Trinajstić information content (AvgIpc) is 2.74. The van der Waals surface area contributed by atoms with Crippen LogP contribution in [0, 0.1) is 12.7 Å². The van der Waals surface area contributed by atoms with Gasteiger partial charge in [0.25, 0.3) is 0 Å². The fraction of sp³-hybridized carbons (Fsp3) is 0.231. The molecule has 1 aromatic heterocycles. The monoisotopic (exact) mass is 236 g/mol. The minimum Gasteiger partial charge on any atom is -0.487 e. The zero-order valence-electron chi connectivity index (χ0n) is 9.39. The molecule has 0 radical (unpaired) electrons. The highest BCUT2D eigenvalue weighted by Gasteiger charge is 2.13. The lowest BCUT2D eigenvalue weighted by atomic mass is 10.3. The second-order valence-electron chi connectivity index (χ2n) is 3.71. The summed E-state index contributed by atoms with van der Waals surface area (Å²) in [4.78, 5) is 0. The summed E-state index contributed by atoms with van der Waals surface area (Å²) in [5, 5.41) is 9.74. The van der Waals surface area contributed by atoms with Gasteiger partial charge in [-0.1, -0.05) is 12.1 Å². The van der Waals surface area contributed by atoms with Crippen molar-refractivity contribution in [2.24, 2.45) is 0 Å². The minimum absolute atomic E-state index is 0.0477. The van der Waals surface area contributed by atoms with Gasteiger partial charge >= 0.3 is 0 Å². The van der Waals surface area contributed by atoms with E-state index in [0.29, 0.717) is 11.5 Å². The Labute approximate surface area is 98.5 Å². The lowest BCUT2D eigenvalue weighted by Gasteiger charge is -2.10. The van der Waals surface area contributed by atoms with Gasteiger partial charge in [-0.05, 0) is 31.2 Å². The van der Waals surface area contributed by atoms with E-state index >= 15 is 0 Å². The summed E-state index contributed by atoms with van der Waals surface area (Å²) in [7, 11) is 0. The van der Waals surface area contributed by atoms with Crippen molar-refractivity contribution in [1.82, 2.24) is 0 Å². The van der Waals surface area contributed by atoms with Crippen LogP contribution in [-0.4, -0.2) is 11.7 Å². The number of hydrogen-bond acceptors (Lipinski definition) is 3. The second kappa shape index (κ2) is 5.01. The van der Waals surface area contributed by atoms with E-state index in [1.165, 1.54) is 12.1 Å². The maximum Gasteiger partial charge on any atom is 0.165 e. The van der Waals surface area contributed by atoms with Gasteiger partial charge in [-0.15, -0.1) is 0 Å². The van der Waals surface area contributed by atoms with Crippen LogP contribution < -0.4 is 4.74 Å². The molecule has 4 heteroatoms. The van der Waals surface area contributed by atoms with Gasteiger partial charge in [-0.25, -0.2) is 4.39 Å². The van der Waals surface area contributed by atoms with Crippen molar-refractivity contribution in [3.8, 4) is 5.75 Å². The average molecular weight is 236 g/mol. The summed E-state index contributed by atoms with van der Waals surface area (Å²) >= 11 is 0. The Morgan fingerprint density at radius 3 is 2.71 bits per heavy atom. The van der Waals surface area contributed by atoms with Gasteiger partial charge in [0.15, 0.2) is 11.6 Å². The lowest BCUT2D eigenvalue weighted by molar-refractivity contribution is 0.0861. The van der Waals surface area contributed by atoms with E-state index in [2.05, 4.69) is 0 Å². The Balaban J connectivity index is 1.97. The van der Waals surface area contributed by atoms with E-state index in [-0.39, 0.29) is 12.4 Å². The Hall–Kier alpha value is -1.81. The molecular weight excluding hydrogens is 223 g/mol. The van der Waals surface area contributed by atoms with Crippen LogP contribution >= 0.6 is 0 Å². The van der Waals surface area contributed by atoms with E-state index in [1.807, 2.05) is 0 Å². The molecule has 0 fully saturated rings. The molecule has 90 valence electrons. The van der Waals surface area contributed by atoms with Crippen molar-refractivity contribution in [2.45, 2.75) is 13.0 Å². The molecule has 0 aliphatic heterocycles. The van der Waals surface area contributed by atoms with Crippen LogP contribution in [0.2, 0.25) is 0 Å². The van der Waals surface area contributed by atoms with Crippen molar-refractivity contribution >= 4 is 0 Å². The second-order valence-corrected chi connectivity index (χ2v) is 3.71. The Morgan fingerprint density at radius 1 is 1.29 bits per heavy atom. The number of aryl methyl sites for hydroxylation is 1. The number of furan rings is 1. The first-order valence-electron chi connectivity index (χ1n) is 5.28. The SMILES string of the molecule is Cc1ccc(C(O)COc2ccccc2F)o1. The highest BCUT2D eigenvalue weighted by Crippen LogP contribution is 2.20. The van der Waals surface area contributed by atoms with Gasteiger partial charge in [0, 0.05) is 0 Å². The molecule has 0 spiro atoms. The number of hydrogen-bond donors (Lipinski definition) is 1. The third-order valence-corrected chi connectivity index (χ3v) is 2.32. The standard InChI is InChI=1S/C13H13FO3/c1-9-6-7-13(17-9)11(15)8-16-12-5-3-2-4-10(12)14/h2-7,11,15H,8H2,1H3. The molecule has 17 heavy (non-hydrogen) atoms. The number of benzene rings is 1. The molecule has 1 heterocycles. The third-order valence-electron chi connectivity index (χ3n) is 2.32. The van der Waals surface area contributed by atoms with E-state index in [1.54, 1.807) is 31.2 Å². The van der Waals surface area contributed by atoms with Gasteiger partial charge in [0.05, 0.1) is 0 Å². The van der Waals surface area contributed by atoms with Gasteiger partial charge in [0.1, 0.15) is 24.2 Å². The lowest BCUT2D eigenvalue weighted by Crippen LogP contribution is -2.09. The number of ether oxygens (including phenoxy) is 1. The predicted octanol–water partition coefficient (Wildman–Crippen LogP) is 2.84. The van der Waals surface area contributed by atoms with Crippen LogP contribution in [0.4, 0.5) is 4.39 Å².